The number of hydrogen-bond acceptors (Lipinski definition) is 4. The molecule has 38 heavy (non-hydrogen) atoms. The number of fused-ring (bicyclic) bond motifs is 1. The zero-order valence-corrected chi connectivity index (χ0v) is 20.9. The van der Waals surface area contributed by atoms with Crippen LogP contribution in [0.4, 0.5) is 5.69 Å². The second-order valence-corrected chi connectivity index (χ2v) is 9.75. The average Bonchev–Trinajstić information content (AvgIpc) is 3.45. The summed E-state index contributed by atoms with van der Waals surface area (Å²) >= 11 is 0. The lowest BCUT2D eigenvalue weighted by Crippen LogP contribution is -2.50. The van der Waals surface area contributed by atoms with E-state index in [1.807, 2.05) is 54.6 Å². The lowest BCUT2D eigenvalue weighted by molar-refractivity contribution is -0.142. The standard InChI is InChI=1S/C31H29N3O4/c35-28(25-16-19-32-26-11-5-4-10-24(25)26)33-23-14-12-21(13-15-23)20-27(29(36)37)34-30(38)31(17-6-7-18-31)22-8-2-1-3-9-22/h1-5,8-16,19,27H,6-7,17-18,20H2,(H,33,35)(H,34,38)(H,36,37)/t27-/m0/s1. The quantitative estimate of drug-likeness (QED) is 0.307. The van der Waals surface area contributed by atoms with Crippen LogP contribution in [0.1, 0.15) is 47.2 Å². The number of para-hydroxylation sites is 1. The maximum Gasteiger partial charge on any atom is 0.326 e. The van der Waals surface area contributed by atoms with Gasteiger partial charge in [0.2, 0.25) is 5.91 Å². The van der Waals surface area contributed by atoms with E-state index in [1.165, 1.54) is 0 Å². The third-order valence-electron chi connectivity index (χ3n) is 7.37. The van der Waals surface area contributed by atoms with E-state index in [9.17, 15) is 19.5 Å². The van der Waals surface area contributed by atoms with Crippen LogP contribution in [0.25, 0.3) is 10.9 Å². The van der Waals surface area contributed by atoms with Crippen LogP contribution in [0.2, 0.25) is 0 Å². The maximum atomic E-state index is 13.4. The summed E-state index contributed by atoms with van der Waals surface area (Å²) in [7, 11) is 0. The number of nitrogens with zero attached hydrogens (tertiary/aromatic N) is 1. The predicted molar refractivity (Wildman–Crippen MR) is 146 cm³/mol. The van der Waals surface area contributed by atoms with Crippen molar-refractivity contribution in [2.24, 2.45) is 0 Å². The molecule has 1 heterocycles. The van der Waals surface area contributed by atoms with Crippen molar-refractivity contribution in [1.82, 2.24) is 10.3 Å². The Labute approximate surface area is 220 Å². The zero-order valence-electron chi connectivity index (χ0n) is 20.9. The zero-order chi connectivity index (χ0) is 26.5. The fourth-order valence-electron chi connectivity index (χ4n) is 5.33. The Bertz CT molecular complexity index is 1460. The highest BCUT2D eigenvalue weighted by atomic mass is 16.4. The Morgan fingerprint density at radius 2 is 1.55 bits per heavy atom. The predicted octanol–water partition coefficient (Wildman–Crippen LogP) is 5.11. The van der Waals surface area contributed by atoms with Crippen molar-refractivity contribution in [2.45, 2.75) is 43.6 Å². The third kappa shape index (κ3) is 5.13. The monoisotopic (exact) mass is 507 g/mol. The number of hydrogen-bond donors (Lipinski definition) is 3. The van der Waals surface area contributed by atoms with E-state index in [0.717, 1.165) is 34.9 Å². The summed E-state index contributed by atoms with van der Waals surface area (Å²) in [4.78, 5) is 42.7. The van der Waals surface area contributed by atoms with Gasteiger partial charge in [0.05, 0.1) is 16.5 Å². The maximum absolute atomic E-state index is 13.4. The van der Waals surface area contributed by atoms with Gasteiger partial charge >= 0.3 is 5.97 Å². The molecule has 0 radical (unpaired) electrons. The van der Waals surface area contributed by atoms with E-state index < -0.39 is 17.4 Å². The van der Waals surface area contributed by atoms with E-state index in [0.29, 0.717) is 24.1 Å². The number of anilines is 1. The van der Waals surface area contributed by atoms with Crippen LogP contribution in [-0.2, 0) is 21.4 Å². The number of pyridine rings is 1. The molecule has 0 aliphatic heterocycles. The minimum Gasteiger partial charge on any atom is -0.480 e. The molecule has 7 nitrogen and oxygen atoms in total. The van der Waals surface area contributed by atoms with Gasteiger partial charge < -0.3 is 15.7 Å². The minimum absolute atomic E-state index is 0.134. The van der Waals surface area contributed by atoms with Crippen LogP contribution in [0.15, 0.2) is 91.1 Å². The largest absolute Gasteiger partial charge is 0.480 e. The Hall–Kier alpha value is -4.52. The molecule has 0 bridgehead atoms. The van der Waals surface area contributed by atoms with Crippen molar-refractivity contribution >= 4 is 34.4 Å². The summed E-state index contributed by atoms with van der Waals surface area (Å²) in [6, 6.07) is 24.7. The van der Waals surface area contributed by atoms with Crippen molar-refractivity contribution in [2.75, 3.05) is 5.32 Å². The molecule has 1 aliphatic rings. The van der Waals surface area contributed by atoms with E-state index >= 15 is 0 Å². The van der Waals surface area contributed by atoms with Gasteiger partial charge in [-0.2, -0.15) is 0 Å². The lowest BCUT2D eigenvalue weighted by atomic mass is 9.77. The number of amides is 2. The van der Waals surface area contributed by atoms with Gasteiger partial charge in [0.25, 0.3) is 5.91 Å². The number of aliphatic carboxylic acids is 1. The molecule has 0 spiro atoms. The van der Waals surface area contributed by atoms with Crippen molar-refractivity contribution in [3.63, 3.8) is 0 Å². The number of benzene rings is 3. The number of carboxylic acid groups (broad SMARTS) is 1. The summed E-state index contributed by atoms with van der Waals surface area (Å²) in [5.41, 5.74) is 2.83. The summed E-state index contributed by atoms with van der Waals surface area (Å²) in [6.07, 6.45) is 5.01. The van der Waals surface area contributed by atoms with Gasteiger partial charge in [-0.3, -0.25) is 14.6 Å². The van der Waals surface area contributed by atoms with E-state index in [2.05, 4.69) is 15.6 Å². The fourth-order valence-corrected chi connectivity index (χ4v) is 5.33. The first kappa shape index (κ1) is 25.1. The summed E-state index contributed by atoms with van der Waals surface area (Å²) in [5, 5.41) is 16.4. The van der Waals surface area contributed by atoms with Crippen LogP contribution >= 0.6 is 0 Å². The fraction of sp³-hybridized carbons (Fsp3) is 0.226. The lowest BCUT2D eigenvalue weighted by Gasteiger charge is -2.30. The van der Waals surface area contributed by atoms with Crippen molar-refractivity contribution in [1.29, 1.82) is 0 Å². The molecule has 3 aromatic carbocycles. The molecule has 1 fully saturated rings. The molecular formula is C31H29N3O4. The van der Waals surface area contributed by atoms with Crippen molar-refractivity contribution in [3.05, 3.63) is 108 Å². The number of nitrogens with one attached hydrogen (secondary N) is 2. The average molecular weight is 508 g/mol. The van der Waals surface area contributed by atoms with E-state index in [-0.39, 0.29) is 18.2 Å². The number of carboxylic acids is 1. The highest BCUT2D eigenvalue weighted by Gasteiger charge is 2.43. The van der Waals surface area contributed by atoms with Crippen molar-refractivity contribution in [3.8, 4) is 0 Å². The first-order valence-electron chi connectivity index (χ1n) is 12.8. The second-order valence-electron chi connectivity index (χ2n) is 9.75. The number of carbonyl (C=O) groups excluding carboxylic acids is 2. The summed E-state index contributed by atoms with van der Waals surface area (Å²) < 4.78 is 0. The Kier molecular flexibility index (Phi) is 7.18. The SMILES string of the molecule is O=C(Nc1ccc(C[C@H](NC(=O)C2(c3ccccc3)CCCC2)C(=O)O)cc1)c1ccnc2ccccc12. The molecule has 5 rings (SSSR count). The molecule has 192 valence electrons. The van der Waals surface area contributed by atoms with Crippen molar-refractivity contribution < 1.29 is 19.5 Å². The first-order chi connectivity index (χ1) is 18.5. The van der Waals surface area contributed by atoms with Crippen LogP contribution in [0.3, 0.4) is 0 Å². The Morgan fingerprint density at radius 1 is 0.868 bits per heavy atom. The van der Waals surface area contributed by atoms with Crippen LogP contribution in [0.5, 0.6) is 0 Å². The Balaban J connectivity index is 1.27. The van der Waals surface area contributed by atoms with Crippen LogP contribution < -0.4 is 10.6 Å². The van der Waals surface area contributed by atoms with Gasteiger partial charge in [-0.05, 0) is 48.2 Å². The highest BCUT2D eigenvalue weighted by molar-refractivity contribution is 6.12. The van der Waals surface area contributed by atoms with E-state index in [1.54, 1.807) is 36.5 Å². The summed E-state index contributed by atoms with van der Waals surface area (Å²) in [5.74, 6) is -1.57. The van der Waals surface area contributed by atoms with Crippen LogP contribution in [0, 0.1) is 0 Å². The molecule has 1 saturated carbocycles. The molecule has 0 saturated heterocycles. The number of aromatic nitrogens is 1. The van der Waals surface area contributed by atoms with Gasteiger partial charge in [0.15, 0.2) is 0 Å². The first-order valence-corrected chi connectivity index (χ1v) is 12.8. The topological polar surface area (TPSA) is 108 Å². The second kappa shape index (κ2) is 10.8. The molecule has 1 aromatic heterocycles. The smallest absolute Gasteiger partial charge is 0.326 e. The van der Waals surface area contributed by atoms with Gasteiger partial charge in [-0.25, -0.2) is 4.79 Å². The molecular weight excluding hydrogens is 478 g/mol. The molecule has 1 aliphatic carbocycles. The van der Waals surface area contributed by atoms with Gasteiger partial charge in [-0.15, -0.1) is 0 Å². The molecule has 3 N–H and O–H groups in total. The van der Waals surface area contributed by atoms with Gasteiger partial charge in [0.1, 0.15) is 6.04 Å². The summed E-state index contributed by atoms with van der Waals surface area (Å²) in [6.45, 7) is 0. The van der Waals surface area contributed by atoms with Gasteiger partial charge in [0, 0.05) is 23.7 Å². The van der Waals surface area contributed by atoms with Gasteiger partial charge in [-0.1, -0.05) is 73.5 Å². The molecule has 1 atom stereocenters. The van der Waals surface area contributed by atoms with Crippen LogP contribution in [-0.4, -0.2) is 33.9 Å². The highest BCUT2D eigenvalue weighted by Crippen LogP contribution is 2.41. The minimum atomic E-state index is -1.08. The normalized spacial score (nSPS) is 15.1. The van der Waals surface area contributed by atoms with E-state index in [4.69, 9.17) is 0 Å². The molecule has 0 unspecified atom stereocenters. The molecule has 4 aromatic rings. The molecule has 2 amide bonds. The Morgan fingerprint density at radius 3 is 2.26 bits per heavy atom. The molecule has 7 heteroatoms. The number of rotatable bonds is 8. The number of carbonyl (C=O) groups is 3. The third-order valence-corrected chi connectivity index (χ3v) is 7.37.